The second-order valence-electron chi connectivity index (χ2n) is 8.20. The Morgan fingerprint density at radius 2 is 1.91 bits per heavy atom. The van der Waals surface area contributed by atoms with E-state index in [1.165, 1.54) is 13.1 Å². The minimum Gasteiger partial charge on any atom is -0.354 e. The van der Waals surface area contributed by atoms with Crippen molar-refractivity contribution in [3.8, 4) is 11.1 Å². The fourth-order valence-corrected chi connectivity index (χ4v) is 4.06. The van der Waals surface area contributed by atoms with Gasteiger partial charge in [0.15, 0.2) is 0 Å². The molecule has 0 amide bonds. The van der Waals surface area contributed by atoms with Crippen molar-refractivity contribution in [2.45, 2.75) is 45.5 Å². The summed E-state index contributed by atoms with van der Waals surface area (Å²) >= 11 is 6.27. The highest BCUT2D eigenvalue weighted by molar-refractivity contribution is 7.88. The van der Waals surface area contributed by atoms with Gasteiger partial charge in [-0.3, -0.25) is 9.98 Å². The van der Waals surface area contributed by atoms with Gasteiger partial charge >= 0.3 is 0 Å². The predicted octanol–water partition coefficient (Wildman–Crippen LogP) is 5.27. The summed E-state index contributed by atoms with van der Waals surface area (Å²) < 4.78 is 63.4. The molecule has 11 heteroatoms. The molecule has 1 aromatic carbocycles. The molecule has 0 radical (unpaired) electrons. The summed E-state index contributed by atoms with van der Waals surface area (Å²) in [6, 6.07) is 6.45. The van der Waals surface area contributed by atoms with Crippen molar-refractivity contribution in [1.29, 1.82) is 0 Å². The predicted molar refractivity (Wildman–Crippen MR) is 135 cm³/mol. The monoisotopic (exact) mass is 532 g/mol. The van der Waals surface area contributed by atoms with Gasteiger partial charge in [0.05, 0.1) is 29.4 Å². The number of likely N-dealkylation sites (tertiary alicyclic amines) is 1. The fourth-order valence-electron chi connectivity index (χ4n) is 3.79. The van der Waals surface area contributed by atoms with Gasteiger partial charge in [0, 0.05) is 49.2 Å². The van der Waals surface area contributed by atoms with Gasteiger partial charge in [-0.15, -0.1) is 0 Å². The number of nitrogens with one attached hydrogen (secondary N) is 1. The van der Waals surface area contributed by atoms with Gasteiger partial charge in [0.25, 0.3) is 5.92 Å². The number of amidine groups is 1. The van der Waals surface area contributed by atoms with E-state index in [1.54, 1.807) is 23.2 Å². The van der Waals surface area contributed by atoms with Gasteiger partial charge < -0.3 is 4.90 Å². The Hall–Kier alpha value is -2.17. The number of pyridine rings is 1. The second kappa shape index (κ2) is 12.2. The summed E-state index contributed by atoms with van der Waals surface area (Å²) in [5.41, 5.74) is 2.57. The number of hydrogen-bond donors (Lipinski definition) is 1. The van der Waals surface area contributed by atoms with Crippen LogP contribution in [0.1, 0.15) is 43.9 Å². The second-order valence-corrected chi connectivity index (χ2v) is 10.6. The Morgan fingerprint density at radius 3 is 2.46 bits per heavy atom. The number of aliphatic imine (C=N–C) groups is 1. The number of alkyl halides is 2. The average molecular weight is 533 g/mol. The van der Waals surface area contributed by atoms with Crippen LogP contribution in [-0.4, -0.2) is 63.0 Å². The Kier molecular flexibility index (Phi) is 10.1. The summed E-state index contributed by atoms with van der Waals surface area (Å²) in [5.74, 6) is -2.46. The third-order valence-electron chi connectivity index (χ3n) is 5.50. The van der Waals surface area contributed by atoms with E-state index >= 15 is 0 Å². The van der Waals surface area contributed by atoms with Crippen LogP contribution in [-0.2, 0) is 10.0 Å². The van der Waals surface area contributed by atoms with Crippen molar-refractivity contribution in [2.75, 3.05) is 32.9 Å². The first kappa shape index (κ1) is 29.1. The molecule has 0 aliphatic carbocycles. The molecule has 4 rings (SSSR count). The third-order valence-corrected chi connectivity index (χ3v) is 6.56. The van der Waals surface area contributed by atoms with Crippen LogP contribution in [0.2, 0.25) is 5.02 Å². The topological polar surface area (TPSA) is 74.7 Å². The number of aryl methyl sites for hydroxylation is 1. The number of rotatable bonds is 3. The van der Waals surface area contributed by atoms with Gasteiger partial charge in [0.1, 0.15) is 5.82 Å². The van der Waals surface area contributed by atoms with Crippen LogP contribution in [0.3, 0.4) is 0 Å². The minimum absolute atomic E-state index is 0.0829. The maximum Gasteiger partial charge on any atom is 0.266 e. The third kappa shape index (κ3) is 7.91. The molecule has 0 bridgehead atoms. The average Bonchev–Trinajstić information content (AvgIpc) is 3.41. The zero-order chi connectivity index (χ0) is 26.4. The molecule has 6 nitrogen and oxygen atoms in total. The number of benzene rings is 1. The molecule has 0 spiro atoms. The molecule has 194 valence electrons. The van der Waals surface area contributed by atoms with E-state index in [1.807, 2.05) is 26.8 Å². The molecule has 1 aromatic heterocycles. The summed E-state index contributed by atoms with van der Waals surface area (Å²) in [5, 5.41) is 0.321. The van der Waals surface area contributed by atoms with E-state index in [-0.39, 0.29) is 18.9 Å². The van der Waals surface area contributed by atoms with Crippen LogP contribution < -0.4 is 4.72 Å². The summed E-state index contributed by atoms with van der Waals surface area (Å²) in [4.78, 5) is 10.7. The molecule has 2 aliphatic heterocycles. The highest BCUT2D eigenvalue weighted by Gasteiger charge is 2.41. The molecule has 1 saturated heterocycles. The summed E-state index contributed by atoms with van der Waals surface area (Å²) in [6.07, 6.45) is 3.21. The van der Waals surface area contributed by atoms with Crippen molar-refractivity contribution in [3.05, 3.63) is 52.6 Å². The lowest BCUT2D eigenvalue weighted by atomic mass is 9.93. The van der Waals surface area contributed by atoms with Crippen LogP contribution in [0.15, 0.2) is 35.5 Å². The Labute approximate surface area is 210 Å². The highest BCUT2D eigenvalue weighted by Crippen LogP contribution is 2.39. The van der Waals surface area contributed by atoms with E-state index in [0.29, 0.717) is 47.2 Å². The molecule has 1 unspecified atom stereocenters. The zero-order valence-electron chi connectivity index (χ0n) is 20.6. The molecular weight excluding hydrogens is 501 g/mol. The van der Waals surface area contributed by atoms with Crippen LogP contribution in [0, 0.1) is 12.7 Å². The molecule has 1 N–H and O–H groups in total. The van der Waals surface area contributed by atoms with Crippen molar-refractivity contribution < 1.29 is 21.6 Å². The van der Waals surface area contributed by atoms with E-state index < -0.39 is 21.8 Å². The number of halogens is 4. The van der Waals surface area contributed by atoms with Gasteiger partial charge in [0.2, 0.25) is 10.0 Å². The SMILES string of the molecule is CC.CNS(C)(=O)=O.Cc1cnc(C2CN=C(N3CCC(F)(F)C3)C2)c(-c2c(F)cccc2Cl)c1. The highest BCUT2D eigenvalue weighted by atomic mass is 35.5. The maximum absolute atomic E-state index is 14.5. The number of aromatic nitrogens is 1. The maximum atomic E-state index is 14.5. The molecule has 1 fully saturated rings. The number of hydrogen-bond acceptors (Lipinski definition) is 5. The molecule has 2 aromatic rings. The normalized spacial score (nSPS) is 18.8. The van der Waals surface area contributed by atoms with E-state index in [9.17, 15) is 21.6 Å². The van der Waals surface area contributed by atoms with Crippen LogP contribution in [0.5, 0.6) is 0 Å². The number of sulfonamides is 1. The zero-order valence-corrected chi connectivity index (χ0v) is 22.2. The smallest absolute Gasteiger partial charge is 0.266 e. The van der Waals surface area contributed by atoms with E-state index in [0.717, 1.165) is 11.8 Å². The summed E-state index contributed by atoms with van der Waals surface area (Å²) in [6.45, 7) is 6.36. The standard InChI is InChI=1S/C20H19ClF3N3.C2H7NO2S.C2H6/c1-12-7-14(18-15(21)3-2-4-16(18)22)19(26-9-12)13-8-17(25-10-13)27-6-5-20(23,24)11-27;1-3-6(2,4)5;1-2/h2-4,7,9,13H,5-6,8,10-11H2,1H3;3H,1-2H3;1-2H3. The Morgan fingerprint density at radius 1 is 1.26 bits per heavy atom. The summed E-state index contributed by atoms with van der Waals surface area (Å²) in [7, 11) is -1.54. The fraction of sp³-hybridized carbons (Fsp3) is 0.500. The quantitative estimate of drug-likeness (QED) is 0.584. The van der Waals surface area contributed by atoms with Crippen molar-refractivity contribution in [3.63, 3.8) is 0 Å². The van der Waals surface area contributed by atoms with Gasteiger partial charge in [-0.25, -0.2) is 26.3 Å². The first-order valence-corrected chi connectivity index (χ1v) is 13.6. The molecular formula is C24H32ClF3N4O2S. The molecule has 35 heavy (non-hydrogen) atoms. The molecule has 3 heterocycles. The van der Waals surface area contributed by atoms with Crippen molar-refractivity contribution in [2.24, 2.45) is 4.99 Å². The first-order chi connectivity index (χ1) is 16.4. The lowest BCUT2D eigenvalue weighted by Crippen LogP contribution is -2.30. The van der Waals surface area contributed by atoms with Crippen LogP contribution >= 0.6 is 11.6 Å². The molecule has 1 atom stereocenters. The van der Waals surface area contributed by atoms with E-state index in [4.69, 9.17) is 11.6 Å². The van der Waals surface area contributed by atoms with Gasteiger partial charge in [-0.05, 0) is 37.7 Å². The Balaban J connectivity index is 0.000000474. The first-order valence-electron chi connectivity index (χ1n) is 11.4. The van der Waals surface area contributed by atoms with Crippen molar-refractivity contribution >= 4 is 27.5 Å². The Bertz CT molecular complexity index is 1140. The number of nitrogens with zero attached hydrogens (tertiary/aromatic N) is 3. The lowest BCUT2D eigenvalue weighted by molar-refractivity contribution is 0.0174. The van der Waals surface area contributed by atoms with Crippen molar-refractivity contribution in [1.82, 2.24) is 14.6 Å². The van der Waals surface area contributed by atoms with Gasteiger partial charge in [-0.2, -0.15) is 0 Å². The van der Waals surface area contributed by atoms with Crippen LogP contribution in [0.25, 0.3) is 11.1 Å². The molecule has 2 aliphatic rings. The lowest BCUT2D eigenvalue weighted by Gasteiger charge is -2.20. The minimum atomic E-state index is -2.91. The molecule has 0 saturated carbocycles. The van der Waals surface area contributed by atoms with Crippen LogP contribution in [0.4, 0.5) is 13.2 Å². The van der Waals surface area contributed by atoms with Gasteiger partial charge in [-0.1, -0.05) is 31.5 Å². The van der Waals surface area contributed by atoms with E-state index in [2.05, 4.69) is 14.7 Å². The largest absolute Gasteiger partial charge is 0.354 e.